The first-order valence-corrected chi connectivity index (χ1v) is 7.76. The van der Waals surface area contributed by atoms with Crippen molar-refractivity contribution >= 4 is 16.7 Å². The van der Waals surface area contributed by atoms with E-state index in [4.69, 9.17) is 5.73 Å². The van der Waals surface area contributed by atoms with E-state index in [1.165, 1.54) is 17.2 Å². The maximum atomic E-state index is 12.7. The molecule has 1 aliphatic carbocycles. The van der Waals surface area contributed by atoms with Gasteiger partial charge in [-0.15, -0.1) is 0 Å². The number of carbonyl (C=O) groups is 1. The molecule has 0 radical (unpaired) electrons. The number of fused-ring (bicyclic) bond motifs is 1. The molecule has 3 heteroatoms. The van der Waals surface area contributed by atoms with Gasteiger partial charge < -0.3 is 10.6 Å². The third-order valence-corrected chi connectivity index (χ3v) is 4.43. The molecule has 0 atom stereocenters. The number of amides is 1. The van der Waals surface area contributed by atoms with Gasteiger partial charge in [-0.25, -0.2) is 0 Å². The summed E-state index contributed by atoms with van der Waals surface area (Å²) in [5.74, 6) is 0.210. The van der Waals surface area contributed by atoms with Crippen LogP contribution in [0.25, 0.3) is 10.8 Å². The van der Waals surface area contributed by atoms with Crippen LogP contribution in [0.1, 0.15) is 24.8 Å². The van der Waals surface area contributed by atoms with Crippen LogP contribution in [-0.4, -0.2) is 29.9 Å². The second-order valence-corrected chi connectivity index (χ2v) is 5.78. The Morgan fingerprint density at radius 1 is 1.14 bits per heavy atom. The molecule has 2 aromatic carbocycles. The van der Waals surface area contributed by atoms with Gasteiger partial charge >= 0.3 is 0 Å². The number of rotatable bonds is 5. The molecule has 0 unspecified atom stereocenters. The Balaban J connectivity index is 1.81. The Kier molecular flexibility index (Phi) is 4.20. The fraction of sp³-hybridized carbons (Fsp3) is 0.389. The maximum Gasteiger partial charge on any atom is 0.227 e. The van der Waals surface area contributed by atoms with Crippen LogP contribution in [0.15, 0.2) is 42.5 Å². The first-order valence-electron chi connectivity index (χ1n) is 7.76. The molecule has 0 aromatic heterocycles. The molecule has 2 N–H and O–H groups in total. The number of benzene rings is 2. The second-order valence-electron chi connectivity index (χ2n) is 5.78. The highest BCUT2D eigenvalue weighted by molar-refractivity contribution is 5.90. The van der Waals surface area contributed by atoms with Crippen molar-refractivity contribution in [3.05, 3.63) is 48.0 Å². The number of hydrogen-bond acceptors (Lipinski definition) is 2. The zero-order valence-electron chi connectivity index (χ0n) is 12.3. The van der Waals surface area contributed by atoms with Crippen molar-refractivity contribution in [2.75, 3.05) is 13.1 Å². The maximum absolute atomic E-state index is 12.7. The van der Waals surface area contributed by atoms with Crippen molar-refractivity contribution in [3.8, 4) is 0 Å². The molecule has 21 heavy (non-hydrogen) atoms. The molecule has 110 valence electrons. The fourth-order valence-electron chi connectivity index (χ4n) is 3.06. The molecular weight excluding hydrogens is 260 g/mol. The van der Waals surface area contributed by atoms with Crippen LogP contribution in [0.4, 0.5) is 0 Å². The Labute approximate surface area is 125 Å². The minimum atomic E-state index is 0.210. The Morgan fingerprint density at radius 3 is 2.62 bits per heavy atom. The summed E-state index contributed by atoms with van der Waals surface area (Å²) in [4.78, 5) is 14.6. The lowest BCUT2D eigenvalue weighted by molar-refractivity contribution is -0.134. The zero-order chi connectivity index (χ0) is 14.7. The highest BCUT2D eigenvalue weighted by Gasteiger charge is 2.28. The molecule has 1 saturated carbocycles. The van der Waals surface area contributed by atoms with Crippen LogP contribution in [0, 0.1) is 0 Å². The summed E-state index contributed by atoms with van der Waals surface area (Å²) in [5, 5.41) is 2.37. The van der Waals surface area contributed by atoms with E-state index in [-0.39, 0.29) is 5.91 Å². The second kappa shape index (κ2) is 6.27. The molecule has 0 bridgehead atoms. The van der Waals surface area contributed by atoms with Crippen LogP contribution in [0.5, 0.6) is 0 Å². The van der Waals surface area contributed by atoms with Crippen LogP contribution >= 0.6 is 0 Å². The van der Waals surface area contributed by atoms with Crippen molar-refractivity contribution in [1.29, 1.82) is 0 Å². The number of hydrogen-bond donors (Lipinski definition) is 1. The van der Waals surface area contributed by atoms with Gasteiger partial charge in [-0.1, -0.05) is 42.5 Å². The van der Waals surface area contributed by atoms with Gasteiger partial charge in [0.25, 0.3) is 0 Å². The smallest absolute Gasteiger partial charge is 0.227 e. The van der Waals surface area contributed by atoms with Gasteiger partial charge in [0.1, 0.15) is 0 Å². The predicted molar refractivity (Wildman–Crippen MR) is 86.1 cm³/mol. The molecule has 2 aromatic rings. The number of carbonyl (C=O) groups excluding carboxylic acids is 1. The molecule has 1 fully saturated rings. The largest absolute Gasteiger partial charge is 0.338 e. The molecule has 0 aliphatic heterocycles. The predicted octanol–water partition coefficient (Wildman–Crippen LogP) is 2.72. The van der Waals surface area contributed by atoms with E-state index in [0.717, 1.165) is 18.4 Å². The van der Waals surface area contributed by atoms with Crippen molar-refractivity contribution in [2.24, 2.45) is 5.73 Å². The Bertz CT molecular complexity index is 629. The Morgan fingerprint density at radius 2 is 1.90 bits per heavy atom. The van der Waals surface area contributed by atoms with Crippen molar-refractivity contribution in [2.45, 2.75) is 31.7 Å². The highest BCUT2D eigenvalue weighted by Crippen LogP contribution is 2.26. The molecule has 3 rings (SSSR count). The van der Waals surface area contributed by atoms with E-state index in [9.17, 15) is 4.79 Å². The summed E-state index contributed by atoms with van der Waals surface area (Å²) in [6.07, 6.45) is 3.95. The van der Waals surface area contributed by atoms with Gasteiger partial charge in [0.05, 0.1) is 6.42 Å². The summed E-state index contributed by atoms with van der Waals surface area (Å²) >= 11 is 0. The number of nitrogens with two attached hydrogens (primary N) is 1. The lowest BCUT2D eigenvalue weighted by Crippen LogP contribution is -2.47. The van der Waals surface area contributed by atoms with Gasteiger partial charge in [-0.05, 0) is 35.6 Å². The average Bonchev–Trinajstić information content (AvgIpc) is 2.45. The van der Waals surface area contributed by atoms with Crippen molar-refractivity contribution in [3.63, 3.8) is 0 Å². The van der Waals surface area contributed by atoms with Gasteiger partial charge in [-0.2, -0.15) is 0 Å². The van der Waals surface area contributed by atoms with Gasteiger partial charge in [0, 0.05) is 19.1 Å². The van der Waals surface area contributed by atoms with E-state index in [1.807, 2.05) is 23.1 Å². The minimum absolute atomic E-state index is 0.210. The molecule has 0 spiro atoms. The first-order chi connectivity index (χ1) is 10.3. The van der Waals surface area contributed by atoms with Crippen LogP contribution in [-0.2, 0) is 11.2 Å². The van der Waals surface area contributed by atoms with Crippen LogP contribution < -0.4 is 5.73 Å². The average molecular weight is 282 g/mol. The van der Waals surface area contributed by atoms with Crippen molar-refractivity contribution < 1.29 is 4.79 Å². The lowest BCUT2D eigenvalue weighted by atomic mass is 9.90. The Hall–Kier alpha value is -1.87. The standard InChI is InChI=1S/C18H22N2O/c19-11-12-20(16-8-4-9-16)18(21)13-15-7-3-6-14-5-1-2-10-17(14)15/h1-3,5-7,10,16H,4,8-9,11-13,19H2. The lowest BCUT2D eigenvalue weighted by Gasteiger charge is -2.37. The SMILES string of the molecule is NCCN(C(=O)Cc1cccc2ccccc12)C1CCC1. The van der Waals surface area contributed by atoms with Crippen LogP contribution in [0.3, 0.4) is 0 Å². The normalized spacial score (nSPS) is 14.9. The molecule has 3 nitrogen and oxygen atoms in total. The quantitative estimate of drug-likeness (QED) is 0.916. The number of nitrogens with zero attached hydrogens (tertiary/aromatic N) is 1. The van der Waals surface area contributed by atoms with Gasteiger partial charge in [-0.3, -0.25) is 4.79 Å². The third kappa shape index (κ3) is 2.93. The van der Waals surface area contributed by atoms with E-state index in [1.54, 1.807) is 0 Å². The van der Waals surface area contributed by atoms with E-state index in [0.29, 0.717) is 25.6 Å². The van der Waals surface area contributed by atoms with Crippen molar-refractivity contribution in [1.82, 2.24) is 4.90 Å². The summed E-state index contributed by atoms with van der Waals surface area (Å²) in [6.45, 7) is 1.21. The zero-order valence-corrected chi connectivity index (χ0v) is 12.3. The molecular formula is C18H22N2O. The summed E-state index contributed by atoms with van der Waals surface area (Å²) in [5.41, 5.74) is 6.78. The summed E-state index contributed by atoms with van der Waals surface area (Å²) < 4.78 is 0. The molecule has 1 amide bonds. The van der Waals surface area contributed by atoms with E-state index >= 15 is 0 Å². The monoisotopic (exact) mass is 282 g/mol. The minimum Gasteiger partial charge on any atom is -0.338 e. The molecule has 0 saturated heterocycles. The van der Waals surface area contributed by atoms with E-state index in [2.05, 4.69) is 24.3 Å². The van der Waals surface area contributed by atoms with Crippen LogP contribution in [0.2, 0.25) is 0 Å². The summed E-state index contributed by atoms with van der Waals surface area (Å²) in [7, 11) is 0. The first kappa shape index (κ1) is 14.1. The topological polar surface area (TPSA) is 46.3 Å². The highest BCUT2D eigenvalue weighted by atomic mass is 16.2. The van der Waals surface area contributed by atoms with Gasteiger partial charge in [0.15, 0.2) is 0 Å². The van der Waals surface area contributed by atoms with E-state index < -0.39 is 0 Å². The third-order valence-electron chi connectivity index (χ3n) is 4.43. The molecule has 1 aliphatic rings. The summed E-state index contributed by atoms with van der Waals surface area (Å²) in [6, 6.07) is 14.8. The van der Waals surface area contributed by atoms with Gasteiger partial charge in [0.2, 0.25) is 5.91 Å². The molecule has 0 heterocycles. The fourth-order valence-corrected chi connectivity index (χ4v) is 3.06.